The van der Waals surface area contributed by atoms with Crippen molar-refractivity contribution in [1.29, 1.82) is 0 Å². The van der Waals surface area contributed by atoms with Crippen LogP contribution in [0.15, 0.2) is 78.0 Å². The van der Waals surface area contributed by atoms with Gasteiger partial charge in [-0.1, -0.05) is 55.9 Å². The summed E-state index contributed by atoms with van der Waals surface area (Å²) >= 11 is 1.25. The van der Waals surface area contributed by atoms with Crippen molar-refractivity contribution >= 4 is 17.5 Å². The van der Waals surface area contributed by atoms with Gasteiger partial charge in [-0.2, -0.15) is 8.78 Å². The van der Waals surface area contributed by atoms with Crippen molar-refractivity contribution in [3.63, 3.8) is 0 Å². The number of halogens is 2. The van der Waals surface area contributed by atoms with E-state index in [1.165, 1.54) is 36.0 Å². The Morgan fingerprint density at radius 2 is 1.73 bits per heavy atom. The number of carbonyl (C=O) groups excluding carboxylic acids is 1. The van der Waals surface area contributed by atoms with Crippen LogP contribution in [0.2, 0.25) is 0 Å². The van der Waals surface area contributed by atoms with Crippen LogP contribution in [0.1, 0.15) is 47.1 Å². The largest absolute Gasteiger partial charge is 0.485 e. The Kier molecular flexibility index (Phi) is 8.55. The number of nitrogens with zero attached hydrogens (tertiary/aromatic N) is 3. The molecule has 37 heavy (non-hydrogen) atoms. The Labute approximate surface area is 218 Å². The molecule has 0 aliphatic rings. The fourth-order valence-corrected chi connectivity index (χ4v) is 4.61. The monoisotopic (exact) mass is 523 g/mol. The number of ketones is 1. The van der Waals surface area contributed by atoms with E-state index in [9.17, 15) is 13.6 Å². The minimum Gasteiger partial charge on any atom is -0.485 e. The Balaban J connectivity index is 1.53. The second-order valence-electron chi connectivity index (χ2n) is 8.67. The third-order valence-corrected chi connectivity index (χ3v) is 6.53. The minimum atomic E-state index is -2.91. The molecule has 0 radical (unpaired) electrons. The molecule has 3 aromatic carbocycles. The van der Waals surface area contributed by atoms with E-state index in [1.54, 1.807) is 0 Å². The van der Waals surface area contributed by atoms with Gasteiger partial charge in [0.15, 0.2) is 16.8 Å². The van der Waals surface area contributed by atoms with Crippen LogP contribution < -0.4 is 9.47 Å². The Hall–Kier alpha value is -3.72. The van der Waals surface area contributed by atoms with Crippen molar-refractivity contribution in [2.45, 2.75) is 45.1 Å². The first-order chi connectivity index (χ1) is 17.8. The summed E-state index contributed by atoms with van der Waals surface area (Å²) in [4.78, 5) is 12.8. The summed E-state index contributed by atoms with van der Waals surface area (Å²) in [5, 5.41) is 9.24. The van der Waals surface area contributed by atoms with Gasteiger partial charge in [-0.15, -0.1) is 10.2 Å². The van der Waals surface area contributed by atoms with E-state index in [0.717, 1.165) is 22.6 Å². The third kappa shape index (κ3) is 6.74. The summed E-state index contributed by atoms with van der Waals surface area (Å²) in [5.74, 6) is 1.64. The highest BCUT2D eigenvalue weighted by atomic mass is 32.2. The first-order valence-corrected chi connectivity index (χ1v) is 12.7. The highest BCUT2D eigenvalue weighted by molar-refractivity contribution is 7.99. The number of rotatable bonds is 11. The van der Waals surface area contributed by atoms with Crippen LogP contribution in [-0.2, 0) is 6.61 Å². The fourth-order valence-electron chi connectivity index (χ4n) is 3.75. The molecule has 0 N–H and O–H groups in total. The third-order valence-electron chi connectivity index (χ3n) is 5.60. The van der Waals surface area contributed by atoms with Gasteiger partial charge in [0.1, 0.15) is 18.1 Å². The predicted octanol–water partition coefficient (Wildman–Crippen LogP) is 6.85. The number of carbonyl (C=O) groups is 1. The zero-order chi connectivity index (χ0) is 26.4. The number of hydrogen-bond acceptors (Lipinski definition) is 6. The molecule has 6 nitrogen and oxygen atoms in total. The summed E-state index contributed by atoms with van der Waals surface area (Å²) in [6.45, 7) is 3.55. The van der Waals surface area contributed by atoms with Crippen molar-refractivity contribution in [1.82, 2.24) is 14.8 Å². The molecule has 9 heteroatoms. The lowest BCUT2D eigenvalue weighted by atomic mass is 10.0. The van der Waals surface area contributed by atoms with E-state index in [1.807, 2.05) is 47.9 Å². The molecular formula is C28H27F2N3O3S. The molecule has 0 saturated heterocycles. The van der Waals surface area contributed by atoms with Crippen LogP contribution in [0.5, 0.6) is 11.5 Å². The molecule has 0 spiro atoms. The van der Waals surface area contributed by atoms with Gasteiger partial charge < -0.3 is 9.47 Å². The molecule has 0 atom stereocenters. The number of Topliss-reactive ketones (excluding diaryl/α,β-unsaturated/α-hetero) is 1. The molecule has 0 saturated carbocycles. The topological polar surface area (TPSA) is 66.2 Å². The fraction of sp³-hybridized carbons (Fsp3) is 0.250. The lowest BCUT2D eigenvalue weighted by Crippen LogP contribution is -2.09. The van der Waals surface area contributed by atoms with E-state index in [0.29, 0.717) is 22.5 Å². The van der Waals surface area contributed by atoms with Gasteiger partial charge in [0.2, 0.25) is 0 Å². The summed E-state index contributed by atoms with van der Waals surface area (Å²) in [5.41, 5.74) is 3.46. The molecule has 0 bridgehead atoms. The van der Waals surface area contributed by atoms with Crippen LogP contribution >= 0.6 is 11.8 Å². The van der Waals surface area contributed by atoms with Crippen molar-refractivity contribution in [2.75, 3.05) is 5.75 Å². The maximum Gasteiger partial charge on any atom is 0.387 e. The standard InChI is InChI=1S/C28H27F2N3O3S/c1-18(2)23-14-9-19(3)15-25(23)35-16-26-31-32-28(33(26)21-7-5-4-6-8-21)37-17-24(34)20-10-12-22(13-11-20)36-27(29)30/h4-15,18,27H,16-17H2,1-3H3. The first-order valence-electron chi connectivity index (χ1n) is 11.8. The van der Waals surface area contributed by atoms with E-state index in [4.69, 9.17) is 4.74 Å². The summed E-state index contributed by atoms with van der Waals surface area (Å²) in [6.07, 6.45) is 0. The lowest BCUT2D eigenvalue weighted by molar-refractivity contribution is -0.0498. The number of aromatic nitrogens is 3. The van der Waals surface area contributed by atoms with Crippen LogP contribution in [0, 0.1) is 6.92 Å². The summed E-state index contributed by atoms with van der Waals surface area (Å²) in [7, 11) is 0. The van der Waals surface area contributed by atoms with Crippen LogP contribution in [-0.4, -0.2) is 32.9 Å². The zero-order valence-electron chi connectivity index (χ0n) is 20.7. The van der Waals surface area contributed by atoms with Gasteiger partial charge in [-0.3, -0.25) is 9.36 Å². The van der Waals surface area contributed by atoms with Crippen LogP contribution in [0.4, 0.5) is 8.78 Å². The molecule has 0 unspecified atom stereocenters. The van der Waals surface area contributed by atoms with E-state index in [-0.39, 0.29) is 23.9 Å². The molecule has 1 aromatic heterocycles. The average Bonchev–Trinajstić information content (AvgIpc) is 3.29. The molecule has 192 valence electrons. The molecule has 0 fully saturated rings. The Bertz CT molecular complexity index is 1340. The van der Waals surface area contributed by atoms with Gasteiger partial charge in [-0.25, -0.2) is 0 Å². The Morgan fingerprint density at radius 1 is 1.00 bits per heavy atom. The van der Waals surface area contributed by atoms with E-state index < -0.39 is 6.61 Å². The predicted molar refractivity (Wildman–Crippen MR) is 139 cm³/mol. The van der Waals surface area contributed by atoms with Gasteiger partial charge >= 0.3 is 6.61 Å². The molecule has 1 heterocycles. The minimum absolute atomic E-state index is 0.00176. The summed E-state index contributed by atoms with van der Waals surface area (Å²) < 4.78 is 37.2. The number of thioether (sulfide) groups is 1. The second-order valence-corrected chi connectivity index (χ2v) is 9.61. The van der Waals surface area contributed by atoms with Gasteiger partial charge in [0, 0.05) is 11.3 Å². The number of aryl methyl sites for hydroxylation is 1. The quantitative estimate of drug-likeness (QED) is 0.158. The molecular weight excluding hydrogens is 496 g/mol. The lowest BCUT2D eigenvalue weighted by Gasteiger charge is -2.15. The van der Waals surface area contributed by atoms with Crippen LogP contribution in [0.25, 0.3) is 5.69 Å². The number of hydrogen-bond donors (Lipinski definition) is 0. The number of alkyl halides is 2. The molecule has 4 rings (SSSR count). The highest BCUT2D eigenvalue weighted by Gasteiger charge is 2.18. The van der Waals surface area contributed by atoms with Crippen LogP contribution in [0.3, 0.4) is 0 Å². The number of para-hydroxylation sites is 1. The average molecular weight is 524 g/mol. The zero-order valence-corrected chi connectivity index (χ0v) is 21.5. The normalized spacial score (nSPS) is 11.2. The van der Waals surface area contributed by atoms with Crippen molar-refractivity contribution in [3.05, 3.63) is 95.3 Å². The Morgan fingerprint density at radius 3 is 2.41 bits per heavy atom. The summed E-state index contributed by atoms with van der Waals surface area (Å²) in [6, 6.07) is 21.4. The first kappa shape index (κ1) is 26.3. The molecule has 0 aliphatic carbocycles. The van der Waals surface area contributed by atoms with Crippen molar-refractivity contribution in [3.8, 4) is 17.2 Å². The van der Waals surface area contributed by atoms with Gasteiger partial charge in [-0.05, 0) is 66.4 Å². The van der Waals surface area contributed by atoms with E-state index >= 15 is 0 Å². The molecule has 0 aliphatic heterocycles. The highest BCUT2D eigenvalue weighted by Crippen LogP contribution is 2.29. The number of ether oxygens (including phenoxy) is 2. The maximum atomic E-state index is 12.8. The SMILES string of the molecule is Cc1ccc(C(C)C)c(OCc2nnc(SCC(=O)c3ccc(OC(F)F)cc3)n2-c2ccccc2)c1. The maximum absolute atomic E-state index is 12.8. The molecule has 0 amide bonds. The van der Waals surface area contributed by atoms with E-state index in [2.05, 4.69) is 40.9 Å². The van der Waals surface area contributed by atoms with Gasteiger partial charge in [0.25, 0.3) is 0 Å². The van der Waals surface area contributed by atoms with Crippen molar-refractivity contribution in [2.24, 2.45) is 0 Å². The second kappa shape index (κ2) is 12.0. The van der Waals surface area contributed by atoms with Crippen molar-refractivity contribution < 1.29 is 23.0 Å². The van der Waals surface area contributed by atoms with Gasteiger partial charge in [0.05, 0.1) is 5.75 Å². The smallest absolute Gasteiger partial charge is 0.387 e. The number of benzene rings is 3. The molecule has 4 aromatic rings.